The monoisotopic (exact) mass is 372 g/mol. The number of piperidine rings is 1. The van der Waals surface area contributed by atoms with Crippen LogP contribution in [0.4, 0.5) is 10.5 Å². The molecule has 0 unspecified atom stereocenters. The lowest BCUT2D eigenvalue weighted by Gasteiger charge is -2.32. The molecule has 3 amide bonds. The van der Waals surface area contributed by atoms with Gasteiger partial charge in [0.1, 0.15) is 5.75 Å². The smallest absolute Gasteiger partial charge is 0.331 e. The van der Waals surface area contributed by atoms with E-state index in [-0.39, 0.29) is 6.03 Å². The molecule has 26 heavy (non-hydrogen) atoms. The van der Waals surface area contributed by atoms with Crippen molar-refractivity contribution >= 4 is 29.2 Å². The molecule has 0 bridgehead atoms. The molecule has 1 aliphatic rings. The second-order valence-electron chi connectivity index (χ2n) is 6.15. The predicted molar refractivity (Wildman–Crippen MR) is 102 cm³/mol. The molecule has 3 rings (SSSR count). The Labute approximate surface area is 158 Å². The van der Waals surface area contributed by atoms with Gasteiger partial charge in [0.2, 0.25) is 0 Å². The summed E-state index contributed by atoms with van der Waals surface area (Å²) in [5.74, 6) is 0.0169. The third kappa shape index (κ3) is 3.83. The molecule has 0 saturated carbocycles. The van der Waals surface area contributed by atoms with Gasteiger partial charge in [0.15, 0.2) is 0 Å². The fourth-order valence-corrected chi connectivity index (χ4v) is 3.20. The minimum atomic E-state index is -0.416. The summed E-state index contributed by atoms with van der Waals surface area (Å²) < 4.78 is 5.30. The normalized spacial score (nSPS) is 14.0. The van der Waals surface area contributed by atoms with E-state index < -0.39 is 5.91 Å². The van der Waals surface area contributed by atoms with Crippen molar-refractivity contribution in [2.45, 2.75) is 19.3 Å². The summed E-state index contributed by atoms with van der Waals surface area (Å²) in [5, 5.41) is 0.545. The van der Waals surface area contributed by atoms with Gasteiger partial charge < -0.3 is 9.64 Å². The number of carbonyl (C=O) groups excluding carboxylic acids is 2. The van der Waals surface area contributed by atoms with Crippen molar-refractivity contribution < 1.29 is 14.3 Å². The SMILES string of the molecule is COc1ccccc1C(=O)N(C(=O)N1CCCCC1)c1ccc(Cl)cc1. The highest BCUT2D eigenvalue weighted by Crippen LogP contribution is 2.26. The van der Waals surface area contributed by atoms with E-state index in [0.717, 1.165) is 19.3 Å². The Morgan fingerprint density at radius 1 is 1.00 bits per heavy atom. The van der Waals surface area contributed by atoms with Crippen molar-refractivity contribution in [1.29, 1.82) is 0 Å². The molecule has 1 aliphatic heterocycles. The number of benzene rings is 2. The Morgan fingerprint density at radius 3 is 2.31 bits per heavy atom. The number of ether oxygens (including phenoxy) is 1. The van der Waals surface area contributed by atoms with Gasteiger partial charge in [0, 0.05) is 18.1 Å². The Hall–Kier alpha value is -2.53. The standard InChI is InChI=1S/C20H21ClN2O3/c1-26-18-8-4-3-7-17(18)19(24)23(16-11-9-15(21)10-12-16)20(25)22-13-5-2-6-14-22/h3-4,7-12H,2,5-6,13-14H2,1H3. The molecule has 1 fully saturated rings. The molecule has 2 aromatic carbocycles. The second-order valence-corrected chi connectivity index (χ2v) is 6.58. The first-order chi connectivity index (χ1) is 12.6. The molecule has 0 atom stereocenters. The van der Waals surface area contributed by atoms with Crippen molar-refractivity contribution in [3.8, 4) is 5.75 Å². The maximum Gasteiger partial charge on any atom is 0.331 e. The molecule has 6 heteroatoms. The van der Waals surface area contributed by atoms with Gasteiger partial charge in [0.25, 0.3) is 5.91 Å². The topological polar surface area (TPSA) is 49.9 Å². The fourth-order valence-electron chi connectivity index (χ4n) is 3.07. The van der Waals surface area contributed by atoms with E-state index in [2.05, 4.69) is 0 Å². The number of halogens is 1. The number of urea groups is 1. The Morgan fingerprint density at radius 2 is 1.65 bits per heavy atom. The zero-order valence-electron chi connectivity index (χ0n) is 14.7. The van der Waals surface area contributed by atoms with Gasteiger partial charge in [-0.3, -0.25) is 4.79 Å². The molecular weight excluding hydrogens is 352 g/mol. The first kappa shape index (κ1) is 18.3. The van der Waals surface area contributed by atoms with Crippen LogP contribution in [0.5, 0.6) is 5.75 Å². The quantitative estimate of drug-likeness (QED) is 0.791. The molecule has 1 heterocycles. The molecule has 0 aromatic heterocycles. The average molecular weight is 373 g/mol. The number of methoxy groups -OCH3 is 1. The van der Waals surface area contributed by atoms with Crippen molar-refractivity contribution in [1.82, 2.24) is 4.90 Å². The largest absolute Gasteiger partial charge is 0.496 e. The zero-order chi connectivity index (χ0) is 18.5. The summed E-state index contributed by atoms with van der Waals surface area (Å²) in [5.41, 5.74) is 0.830. The van der Waals surface area contributed by atoms with Gasteiger partial charge in [-0.25, -0.2) is 9.69 Å². The van der Waals surface area contributed by atoms with E-state index in [1.807, 2.05) is 0 Å². The van der Waals surface area contributed by atoms with Crippen LogP contribution in [0, 0.1) is 0 Å². The zero-order valence-corrected chi connectivity index (χ0v) is 15.4. The van der Waals surface area contributed by atoms with E-state index in [0.29, 0.717) is 35.1 Å². The summed E-state index contributed by atoms with van der Waals surface area (Å²) in [4.78, 5) is 29.4. The molecule has 2 aromatic rings. The Kier molecular flexibility index (Phi) is 5.78. The van der Waals surface area contributed by atoms with Crippen LogP contribution in [0.3, 0.4) is 0 Å². The predicted octanol–water partition coefficient (Wildman–Crippen LogP) is 4.60. The van der Waals surface area contributed by atoms with E-state index in [9.17, 15) is 9.59 Å². The van der Waals surface area contributed by atoms with Crippen LogP contribution in [0.1, 0.15) is 29.6 Å². The van der Waals surface area contributed by atoms with Crippen LogP contribution in [-0.2, 0) is 0 Å². The van der Waals surface area contributed by atoms with Gasteiger partial charge in [-0.1, -0.05) is 23.7 Å². The van der Waals surface area contributed by atoms with Gasteiger partial charge in [-0.2, -0.15) is 0 Å². The van der Waals surface area contributed by atoms with Crippen LogP contribution in [-0.4, -0.2) is 37.0 Å². The third-order valence-electron chi connectivity index (χ3n) is 4.44. The molecule has 5 nitrogen and oxygen atoms in total. The lowest BCUT2D eigenvalue weighted by Crippen LogP contribution is -2.48. The molecule has 0 radical (unpaired) electrons. The van der Waals surface area contributed by atoms with Crippen LogP contribution >= 0.6 is 11.6 Å². The van der Waals surface area contributed by atoms with Crippen molar-refractivity contribution in [3.63, 3.8) is 0 Å². The first-order valence-corrected chi connectivity index (χ1v) is 9.01. The van der Waals surface area contributed by atoms with Gasteiger partial charge in [-0.05, 0) is 55.7 Å². The minimum Gasteiger partial charge on any atom is -0.496 e. The highest BCUT2D eigenvalue weighted by atomic mass is 35.5. The van der Waals surface area contributed by atoms with E-state index in [1.54, 1.807) is 53.4 Å². The van der Waals surface area contributed by atoms with E-state index in [4.69, 9.17) is 16.3 Å². The van der Waals surface area contributed by atoms with E-state index in [1.165, 1.54) is 12.0 Å². The van der Waals surface area contributed by atoms with Gasteiger partial charge >= 0.3 is 6.03 Å². The molecule has 136 valence electrons. The maximum atomic E-state index is 13.3. The molecule has 1 saturated heterocycles. The van der Waals surface area contributed by atoms with E-state index >= 15 is 0 Å². The van der Waals surface area contributed by atoms with Crippen molar-refractivity contribution in [3.05, 3.63) is 59.1 Å². The van der Waals surface area contributed by atoms with Gasteiger partial charge in [-0.15, -0.1) is 0 Å². The average Bonchev–Trinajstić information content (AvgIpc) is 2.70. The fraction of sp³-hybridized carbons (Fsp3) is 0.300. The summed E-state index contributed by atoms with van der Waals surface area (Å²) >= 11 is 5.97. The number of carbonyl (C=O) groups is 2. The number of hydrogen-bond acceptors (Lipinski definition) is 3. The maximum absolute atomic E-state index is 13.3. The Bertz CT molecular complexity index is 786. The number of para-hydroxylation sites is 1. The highest BCUT2D eigenvalue weighted by molar-refractivity contribution is 6.30. The lowest BCUT2D eigenvalue weighted by molar-refractivity contribution is 0.0980. The second kappa shape index (κ2) is 8.23. The molecular formula is C20H21ClN2O3. The van der Waals surface area contributed by atoms with Crippen LogP contribution in [0.15, 0.2) is 48.5 Å². The van der Waals surface area contributed by atoms with Crippen LogP contribution in [0.25, 0.3) is 0 Å². The minimum absolute atomic E-state index is 0.317. The summed E-state index contributed by atoms with van der Waals surface area (Å²) in [6.07, 6.45) is 3.00. The molecule has 0 spiro atoms. The first-order valence-electron chi connectivity index (χ1n) is 8.64. The summed E-state index contributed by atoms with van der Waals surface area (Å²) in [6.45, 7) is 1.31. The van der Waals surface area contributed by atoms with Crippen LogP contribution < -0.4 is 9.64 Å². The third-order valence-corrected chi connectivity index (χ3v) is 4.70. The number of amides is 3. The lowest BCUT2D eigenvalue weighted by atomic mass is 10.1. The number of hydrogen-bond donors (Lipinski definition) is 0. The highest BCUT2D eigenvalue weighted by Gasteiger charge is 2.31. The van der Waals surface area contributed by atoms with Crippen molar-refractivity contribution in [2.75, 3.05) is 25.1 Å². The number of anilines is 1. The molecule has 0 aliphatic carbocycles. The van der Waals surface area contributed by atoms with Gasteiger partial charge in [0.05, 0.1) is 18.4 Å². The summed E-state index contributed by atoms with van der Waals surface area (Å²) in [6, 6.07) is 13.3. The summed E-state index contributed by atoms with van der Waals surface area (Å²) in [7, 11) is 1.51. The number of likely N-dealkylation sites (tertiary alicyclic amines) is 1. The molecule has 0 N–H and O–H groups in total. The number of rotatable bonds is 3. The van der Waals surface area contributed by atoms with Crippen molar-refractivity contribution in [2.24, 2.45) is 0 Å². The van der Waals surface area contributed by atoms with Crippen LogP contribution in [0.2, 0.25) is 5.02 Å². The number of nitrogens with zero attached hydrogens (tertiary/aromatic N) is 2. The Balaban J connectivity index is 2.00. The number of imide groups is 1.